The SMILES string of the molecule is O=C(/C=C/c1ccco1)NNC(=O)COc1ccccc1Cl. The fourth-order valence-electron chi connectivity index (χ4n) is 1.46. The van der Waals surface area contributed by atoms with E-state index < -0.39 is 11.8 Å². The summed E-state index contributed by atoms with van der Waals surface area (Å²) < 4.78 is 10.2. The molecule has 0 aliphatic rings. The quantitative estimate of drug-likeness (QED) is 0.653. The fraction of sp³-hybridized carbons (Fsp3) is 0.0667. The lowest BCUT2D eigenvalue weighted by atomic mass is 10.3. The molecule has 0 atom stereocenters. The molecule has 0 saturated heterocycles. The number of rotatable bonds is 5. The summed E-state index contributed by atoms with van der Waals surface area (Å²) in [5.41, 5.74) is 4.43. The first-order valence-corrected chi connectivity index (χ1v) is 6.70. The van der Waals surface area contributed by atoms with Gasteiger partial charge in [0.25, 0.3) is 11.8 Å². The van der Waals surface area contributed by atoms with Crippen molar-refractivity contribution in [1.82, 2.24) is 10.9 Å². The summed E-state index contributed by atoms with van der Waals surface area (Å²) in [5.74, 6) is -0.0888. The molecule has 1 aromatic heterocycles. The Morgan fingerprint density at radius 2 is 2.00 bits per heavy atom. The van der Waals surface area contributed by atoms with Gasteiger partial charge in [0.05, 0.1) is 11.3 Å². The lowest BCUT2D eigenvalue weighted by Gasteiger charge is -2.08. The standard InChI is InChI=1S/C15H13ClN2O4/c16-12-5-1-2-6-13(12)22-10-15(20)18-17-14(19)8-7-11-4-3-9-21-11/h1-9H,10H2,(H,17,19)(H,18,20)/b8-7+. The summed E-state index contributed by atoms with van der Waals surface area (Å²) in [6.07, 6.45) is 4.20. The third-order valence-corrected chi connectivity index (χ3v) is 2.77. The fourth-order valence-corrected chi connectivity index (χ4v) is 1.65. The first-order chi connectivity index (χ1) is 10.6. The highest BCUT2D eigenvalue weighted by Gasteiger charge is 2.05. The zero-order chi connectivity index (χ0) is 15.8. The summed E-state index contributed by atoms with van der Waals surface area (Å²) in [4.78, 5) is 23.0. The number of ether oxygens (including phenoxy) is 1. The molecule has 0 spiro atoms. The van der Waals surface area contributed by atoms with Gasteiger partial charge in [-0.3, -0.25) is 20.4 Å². The third kappa shape index (κ3) is 4.99. The molecule has 2 aromatic rings. The zero-order valence-corrected chi connectivity index (χ0v) is 12.2. The van der Waals surface area contributed by atoms with Gasteiger partial charge in [0.1, 0.15) is 11.5 Å². The molecule has 1 heterocycles. The van der Waals surface area contributed by atoms with Crippen molar-refractivity contribution in [3.05, 3.63) is 59.5 Å². The van der Waals surface area contributed by atoms with Gasteiger partial charge in [-0.2, -0.15) is 0 Å². The van der Waals surface area contributed by atoms with E-state index in [-0.39, 0.29) is 6.61 Å². The highest BCUT2D eigenvalue weighted by Crippen LogP contribution is 2.22. The van der Waals surface area contributed by atoms with E-state index in [1.54, 1.807) is 36.4 Å². The number of carbonyl (C=O) groups is 2. The van der Waals surface area contributed by atoms with Crippen LogP contribution in [0.5, 0.6) is 5.75 Å². The van der Waals surface area contributed by atoms with Crippen LogP contribution in [0, 0.1) is 0 Å². The smallest absolute Gasteiger partial charge is 0.276 e. The first-order valence-electron chi connectivity index (χ1n) is 6.33. The van der Waals surface area contributed by atoms with Gasteiger partial charge < -0.3 is 9.15 Å². The molecule has 22 heavy (non-hydrogen) atoms. The van der Waals surface area contributed by atoms with E-state index in [1.807, 2.05) is 0 Å². The van der Waals surface area contributed by atoms with E-state index >= 15 is 0 Å². The average molecular weight is 321 g/mol. The number of para-hydroxylation sites is 1. The van der Waals surface area contributed by atoms with E-state index in [0.29, 0.717) is 16.5 Å². The molecule has 0 radical (unpaired) electrons. The second kappa shape index (κ2) is 7.90. The third-order valence-electron chi connectivity index (χ3n) is 2.46. The monoisotopic (exact) mass is 320 g/mol. The van der Waals surface area contributed by atoms with Gasteiger partial charge in [0.15, 0.2) is 6.61 Å². The van der Waals surface area contributed by atoms with Crippen molar-refractivity contribution in [3.63, 3.8) is 0 Å². The van der Waals surface area contributed by atoms with Crippen molar-refractivity contribution < 1.29 is 18.7 Å². The largest absolute Gasteiger partial charge is 0.482 e. The lowest BCUT2D eigenvalue weighted by molar-refractivity contribution is -0.128. The van der Waals surface area contributed by atoms with Crippen molar-refractivity contribution >= 4 is 29.5 Å². The minimum Gasteiger partial charge on any atom is -0.482 e. The van der Waals surface area contributed by atoms with Crippen molar-refractivity contribution in [3.8, 4) is 5.75 Å². The van der Waals surface area contributed by atoms with E-state index in [2.05, 4.69) is 10.9 Å². The maximum Gasteiger partial charge on any atom is 0.276 e. The van der Waals surface area contributed by atoms with Crippen LogP contribution in [-0.4, -0.2) is 18.4 Å². The normalized spacial score (nSPS) is 10.4. The van der Waals surface area contributed by atoms with Crippen LogP contribution in [0.2, 0.25) is 5.02 Å². The number of hydrogen-bond donors (Lipinski definition) is 2. The number of benzene rings is 1. The lowest BCUT2D eigenvalue weighted by Crippen LogP contribution is -2.43. The minimum atomic E-state index is -0.514. The van der Waals surface area contributed by atoms with E-state index in [4.69, 9.17) is 20.8 Å². The van der Waals surface area contributed by atoms with Crippen LogP contribution in [0.15, 0.2) is 53.2 Å². The maximum atomic E-state index is 11.5. The molecule has 0 aliphatic heterocycles. The second-order valence-corrected chi connectivity index (χ2v) is 4.51. The van der Waals surface area contributed by atoms with E-state index in [9.17, 15) is 9.59 Å². The van der Waals surface area contributed by atoms with Crippen LogP contribution >= 0.6 is 11.6 Å². The molecule has 7 heteroatoms. The molecular formula is C15H13ClN2O4. The van der Waals surface area contributed by atoms with Crippen molar-refractivity contribution in [1.29, 1.82) is 0 Å². The highest BCUT2D eigenvalue weighted by molar-refractivity contribution is 6.32. The van der Waals surface area contributed by atoms with Crippen LogP contribution in [-0.2, 0) is 9.59 Å². The predicted molar refractivity (Wildman–Crippen MR) is 81.0 cm³/mol. The number of carbonyl (C=O) groups excluding carboxylic acids is 2. The molecule has 2 N–H and O–H groups in total. The molecule has 0 saturated carbocycles. The molecule has 1 aromatic carbocycles. The van der Waals surface area contributed by atoms with Gasteiger partial charge in [-0.05, 0) is 30.3 Å². The van der Waals surface area contributed by atoms with Gasteiger partial charge >= 0.3 is 0 Å². The number of amides is 2. The number of halogens is 1. The van der Waals surface area contributed by atoms with Gasteiger partial charge in [0, 0.05) is 6.08 Å². The molecule has 6 nitrogen and oxygen atoms in total. The van der Waals surface area contributed by atoms with Crippen molar-refractivity contribution in [2.75, 3.05) is 6.61 Å². The molecule has 114 valence electrons. The molecule has 2 amide bonds. The first kappa shape index (κ1) is 15.7. The van der Waals surface area contributed by atoms with Crippen LogP contribution < -0.4 is 15.6 Å². The highest BCUT2D eigenvalue weighted by atomic mass is 35.5. The topological polar surface area (TPSA) is 80.6 Å². The Kier molecular flexibility index (Phi) is 5.62. The molecule has 0 unspecified atom stereocenters. The van der Waals surface area contributed by atoms with Crippen LogP contribution in [0.4, 0.5) is 0 Å². The Hall–Kier alpha value is -2.73. The summed E-state index contributed by atoms with van der Waals surface area (Å²) in [6, 6.07) is 10.2. The van der Waals surface area contributed by atoms with Gasteiger partial charge in [0.2, 0.25) is 0 Å². The van der Waals surface area contributed by atoms with Gasteiger partial charge in [-0.15, -0.1) is 0 Å². The van der Waals surface area contributed by atoms with Crippen LogP contribution in [0.25, 0.3) is 6.08 Å². The minimum absolute atomic E-state index is 0.272. The Bertz CT molecular complexity index is 668. The number of hydrazine groups is 1. The molecule has 0 aliphatic carbocycles. The Morgan fingerprint density at radius 3 is 2.73 bits per heavy atom. The van der Waals surface area contributed by atoms with E-state index in [0.717, 1.165) is 0 Å². The maximum absolute atomic E-state index is 11.5. The molecule has 0 bridgehead atoms. The summed E-state index contributed by atoms with van der Waals surface area (Å²) in [7, 11) is 0. The van der Waals surface area contributed by atoms with E-state index in [1.165, 1.54) is 18.4 Å². The molecule has 0 fully saturated rings. The molecular weight excluding hydrogens is 308 g/mol. The summed E-state index contributed by atoms with van der Waals surface area (Å²) in [5, 5.41) is 0.403. The second-order valence-electron chi connectivity index (χ2n) is 4.11. The number of hydrogen-bond acceptors (Lipinski definition) is 4. The Morgan fingerprint density at radius 1 is 1.18 bits per heavy atom. The average Bonchev–Trinajstić information content (AvgIpc) is 3.03. The summed E-state index contributed by atoms with van der Waals surface area (Å²) in [6.45, 7) is -0.272. The zero-order valence-electron chi connectivity index (χ0n) is 11.4. The Labute approximate surface area is 131 Å². The predicted octanol–water partition coefficient (Wildman–Crippen LogP) is 2.17. The number of nitrogens with one attached hydrogen (secondary N) is 2. The summed E-state index contributed by atoms with van der Waals surface area (Å²) >= 11 is 5.88. The Balaban J connectivity index is 1.71. The van der Waals surface area contributed by atoms with Crippen molar-refractivity contribution in [2.45, 2.75) is 0 Å². The van der Waals surface area contributed by atoms with Crippen molar-refractivity contribution in [2.24, 2.45) is 0 Å². The molecule has 2 rings (SSSR count). The number of furan rings is 1. The van der Waals surface area contributed by atoms with Gasteiger partial charge in [-0.1, -0.05) is 23.7 Å². The van der Waals surface area contributed by atoms with Crippen LogP contribution in [0.3, 0.4) is 0 Å². The van der Waals surface area contributed by atoms with Crippen LogP contribution in [0.1, 0.15) is 5.76 Å². The van der Waals surface area contributed by atoms with Gasteiger partial charge in [-0.25, -0.2) is 0 Å².